The van der Waals surface area contributed by atoms with Crippen molar-refractivity contribution in [1.82, 2.24) is 14.8 Å². The molecule has 1 saturated heterocycles. The summed E-state index contributed by atoms with van der Waals surface area (Å²) in [6.07, 6.45) is 6.15. The molecule has 2 aliphatic carbocycles. The number of nitrogens with zero attached hydrogens (tertiary/aromatic N) is 5. The highest BCUT2D eigenvalue weighted by atomic mass is 32.1. The zero-order valence-electron chi connectivity index (χ0n) is 29.2. The first-order valence-electron chi connectivity index (χ1n) is 17.1. The van der Waals surface area contributed by atoms with Crippen molar-refractivity contribution in [2.75, 3.05) is 51.9 Å². The smallest absolute Gasteiger partial charge is 0.257 e. The van der Waals surface area contributed by atoms with E-state index in [2.05, 4.69) is 10.2 Å². The molecule has 0 bridgehead atoms. The van der Waals surface area contributed by atoms with E-state index in [0.717, 1.165) is 31.2 Å². The molecule has 0 radical (unpaired) electrons. The van der Waals surface area contributed by atoms with E-state index in [1.165, 1.54) is 33.6 Å². The number of benzene rings is 1. The summed E-state index contributed by atoms with van der Waals surface area (Å²) >= 11 is 1.23. The lowest BCUT2D eigenvalue weighted by Crippen LogP contribution is -2.58. The number of rotatable bonds is 13. The molecule has 50 heavy (non-hydrogen) atoms. The van der Waals surface area contributed by atoms with Gasteiger partial charge in [0.25, 0.3) is 5.91 Å². The summed E-state index contributed by atoms with van der Waals surface area (Å²) in [6, 6.07) is 7.42. The fraction of sp³-hybridized carbons (Fsp3) is 0.556. The summed E-state index contributed by atoms with van der Waals surface area (Å²) in [5, 5.41) is 3.69. The molecule has 3 amide bonds. The van der Waals surface area contributed by atoms with Gasteiger partial charge in [-0.05, 0) is 69.9 Å². The van der Waals surface area contributed by atoms with E-state index in [0.29, 0.717) is 71.6 Å². The molecule has 13 nitrogen and oxygen atoms in total. The Balaban J connectivity index is 1.34. The van der Waals surface area contributed by atoms with Crippen LogP contribution in [0.1, 0.15) is 67.1 Å². The minimum absolute atomic E-state index is 0.0826. The minimum atomic E-state index is -1.20. The number of methoxy groups -OCH3 is 1. The van der Waals surface area contributed by atoms with E-state index in [9.17, 15) is 19.3 Å². The Morgan fingerprint density at radius 1 is 1.16 bits per heavy atom. The number of ether oxygens (including phenoxy) is 3. The number of hydrogen-bond donors (Lipinski definition) is 0. The quantitative estimate of drug-likeness (QED) is 0.167. The minimum Gasteiger partial charge on any atom is -0.496 e. The van der Waals surface area contributed by atoms with Crippen LogP contribution in [0.25, 0.3) is 10.8 Å². The average molecular weight is 708 g/mol. The predicted octanol–water partition coefficient (Wildman–Crippen LogP) is 5.47. The summed E-state index contributed by atoms with van der Waals surface area (Å²) in [4.78, 5) is 62.3. The molecule has 3 fully saturated rings. The second-order valence-corrected chi connectivity index (χ2v) is 14.9. The van der Waals surface area contributed by atoms with Crippen molar-refractivity contribution >= 4 is 34.6 Å². The summed E-state index contributed by atoms with van der Waals surface area (Å²) in [5.74, 6) is 1.08. The van der Waals surface area contributed by atoms with Crippen LogP contribution in [0, 0.1) is 23.7 Å². The molecule has 3 unspecified atom stereocenters. The monoisotopic (exact) mass is 707 g/mol. The van der Waals surface area contributed by atoms with Crippen molar-refractivity contribution in [3.63, 3.8) is 0 Å². The maximum absolute atomic E-state index is 14.6. The fourth-order valence-corrected chi connectivity index (χ4v) is 8.88. The molecule has 1 aromatic carbocycles. The Bertz CT molecular complexity index is 1670. The zero-order valence-corrected chi connectivity index (χ0v) is 30.0. The van der Waals surface area contributed by atoms with Crippen LogP contribution in [0.2, 0.25) is 0 Å². The molecule has 0 N–H and O–H groups in total. The van der Waals surface area contributed by atoms with Gasteiger partial charge in [-0.1, -0.05) is 23.4 Å². The normalized spacial score (nSPS) is 22.5. The van der Waals surface area contributed by atoms with Crippen LogP contribution in [-0.2, 0) is 19.1 Å². The number of anilines is 1. The van der Waals surface area contributed by atoms with Gasteiger partial charge in [0.05, 0.1) is 55.7 Å². The van der Waals surface area contributed by atoms with E-state index < -0.39 is 17.6 Å². The van der Waals surface area contributed by atoms with Crippen LogP contribution in [-0.4, -0.2) is 97.7 Å². The number of aromatic nitrogens is 1. The molecule has 14 heteroatoms. The van der Waals surface area contributed by atoms with Gasteiger partial charge in [0, 0.05) is 25.7 Å². The van der Waals surface area contributed by atoms with Crippen molar-refractivity contribution in [3.05, 3.63) is 58.3 Å². The molecule has 3 aliphatic rings. The number of morpholine rings is 1. The van der Waals surface area contributed by atoms with E-state index in [4.69, 9.17) is 18.6 Å². The van der Waals surface area contributed by atoms with Crippen molar-refractivity contribution in [1.29, 1.82) is 0 Å². The van der Waals surface area contributed by atoms with Gasteiger partial charge in [-0.15, -0.1) is 11.3 Å². The molecule has 3 heterocycles. The number of fused-ring (bicyclic) bond motifs is 1. The third-order valence-corrected chi connectivity index (χ3v) is 11.9. The Morgan fingerprint density at radius 2 is 1.86 bits per heavy atom. The molecule has 2 saturated carbocycles. The number of carbonyl (C=O) groups excluding carboxylic acids is 3. The van der Waals surface area contributed by atoms with E-state index in [1.807, 2.05) is 24.3 Å². The maximum Gasteiger partial charge on any atom is 0.257 e. The van der Waals surface area contributed by atoms with Crippen LogP contribution in [0.5, 0.6) is 5.75 Å². The lowest BCUT2D eigenvalue weighted by atomic mass is 9.98. The lowest BCUT2D eigenvalue weighted by Gasteiger charge is -2.40. The second kappa shape index (κ2) is 15.0. The molecule has 0 spiro atoms. The molecular formula is C36H45N5O8S. The van der Waals surface area contributed by atoms with Gasteiger partial charge in [-0.2, -0.15) is 4.91 Å². The zero-order chi connectivity index (χ0) is 35.6. The number of oxazole rings is 1. The number of nitroso groups, excluding NO2 is 1. The van der Waals surface area contributed by atoms with Crippen LogP contribution < -0.4 is 9.64 Å². The highest BCUT2D eigenvalue weighted by molar-refractivity contribution is 7.20. The summed E-state index contributed by atoms with van der Waals surface area (Å²) < 4.78 is 23.7. The SMILES string of the molecule is COc1ccccc1C(CN(C=O)c1sc(-c2ncco2)c(C)c1C(=O)N(C)C(C)(C)C(=O)N1CCOCC1)OC1CC2CC(N=O)CC2C1. The average Bonchev–Trinajstić information content (AvgIpc) is 3.94. The highest BCUT2D eigenvalue weighted by Crippen LogP contribution is 2.48. The van der Waals surface area contributed by atoms with Crippen molar-refractivity contribution in [2.24, 2.45) is 17.0 Å². The number of thiophene rings is 1. The summed E-state index contributed by atoms with van der Waals surface area (Å²) in [7, 11) is 3.21. The summed E-state index contributed by atoms with van der Waals surface area (Å²) in [6.45, 7) is 7.11. The molecule has 3 aromatic rings. The summed E-state index contributed by atoms with van der Waals surface area (Å²) in [5.41, 5.74) is 0.441. The van der Waals surface area contributed by atoms with Crippen LogP contribution >= 0.6 is 11.3 Å². The van der Waals surface area contributed by atoms with Gasteiger partial charge in [0.15, 0.2) is 0 Å². The Morgan fingerprint density at radius 3 is 2.48 bits per heavy atom. The third-order valence-electron chi connectivity index (χ3n) is 10.6. The molecule has 6 rings (SSSR count). The number of para-hydroxylation sites is 1. The van der Waals surface area contributed by atoms with Gasteiger partial charge in [0.2, 0.25) is 18.2 Å². The van der Waals surface area contributed by atoms with Gasteiger partial charge < -0.3 is 33.3 Å². The van der Waals surface area contributed by atoms with Crippen LogP contribution in [0.3, 0.4) is 0 Å². The van der Waals surface area contributed by atoms with Gasteiger partial charge in [0.1, 0.15) is 28.7 Å². The molecule has 3 atom stereocenters. The lowest BCUT2D eigenvalue weighted by molar-refractivity contribution is -0.144. The van der Waals surface area contributed by atoms with Crippen molar-refractivity contribution < 1.29 is 33.0 Å². The van der Waals surface area contributed by atoms with Crippen LogP contribution in [0.15, 0.2) is 46.3 Å². The first-order chi connectivity index (χ1) is 24.1. The third kappa shape index (κ3) is 6.93. The van der Waals surface area contributed by atoms with Gasteiger partial charge in [-0.3, -0.25) is 14.4 Å². The highest BCUT2D eigenvalue weighted by Gasteiger charge is 2.44. The number of likely N-dealkylation sites (N-methyl/N-ethyl adjacent to an activating group) is 1. The van der Waals surface area contributed by atoms with E-state index >= 15 is 0 Å². The second-order valence-electron chi connectivity index (χ2n) is 13.9. The van der Waals surface area contributed by atoms with Crippen molar-refractivity contribution in [2.45, 2.75) is 70.2 Å². The topological polar surface area (TPSA) is 144 Å². The largest absolute Gasteiger partial charge is 0.496 e. The van der Waals surface area contributed by atoms with Gasteiger partial charge >= 0.3 is 0 Å². The Hall–Kier alpha value is -4.14. The first-order valence-corrected chi connectivity index (χ1v) is 17.9. The van der Waals surface area contributed by atoms with E-state index in [-0.39, 0.29) is 30.2 Å². The number of carbonyl (C=O) groups is 3. The number of hydrogen-bond acceptors (Lipinski definition) is 11. The first kappa shape index (κ1) is 35.7. The molecule has 268 valence electrons. The van der Waals surface area contributed by atoms with Crippen molar-refractivity contribution in [3.8, 4) is 16.5 Å². The van der Waals surface area contributed by atoms with Gasteiger partial charge in [-0.25, -0.2) is 4.98 Å². The molecular weight excluding hydrogens is 662 g/mol. The maximum atomic E-state index is 14.6. The predicted molar refractivity (Wildman–Crippen MR) is 187 cm³/mol. The molecule has 2 aromatic heterocycles. The van der Waals surface area contributed by atoms with E-state index in [1.54, 1.807) is 39.8 Å². The number of amides is 3. The fourth-order valence-electron chi connectivity index (χ4n) is 7.67. The molecule has 1 aliphatic heterocycles. The van der Waals surface area contributed by atoms with Crippen LogP contribution in [0.4, 0.5) is 5.00 Å². The Labute approximate surface area is 295 Å². The Kier molecular flexibility index (Phi) is 10.7. The standard InChI is InChI=1S/C36H45N5O8S/c1-22-30(33(43)39(4)36(2,3)35(44)40-11-14-47-15-12-40)34(50-31(22)32-37-10-13-48-32)41(21-42)20-29(27-8-6-7-9-28(27)46-5)49-26-18-23-16-25(38-45)17-24(23)19-26/h6-10,13,21,23-26,29H,11-12,14-20H2,1-5H3.